The molecule has 1 aromatic heterocycles. The quantitative estimate of drug-likeness (QED) is 0.782. The van der Waals surface area contributed by atoms with Crippen molar-refractivity contribution in [3.05, 3.63) is 21.9 Å². The molecule has 1 aliphatic carbocycles. The third-order valence-electron chi connectivity index (χ3n) is 3.23. The smallest absolute Gasteiger partial charge is 0.341 e. The van der Waals surface area contributed by atoms with Crippen LogP contribution in [-0.2, 0) is 4.74 Å². The zero-order chi connectivity index (χ0) is 13.1. The molecule has 6 heteroatoms. The maximum Gasteiger partial charge on any atom is 0.341 e. The van der Waals surface area contributed by atoms with E-state index in [1.54, 1.807) is 0 Å². The first-order valence-corrected chi connectivity index (χ1v) is 6.73. The Morgan fingerprint density at radius 2 is 2.06 bits per heavy atom. The SMILES string of the molecule is CC1CCCCC1OC(=O)c1cc(Cl)nnc1Cl. The van der Waals surface area contributed by atoms with Gasteiger partial charge in [0.05, 0.1) is 0 Å². The fourth-order valence-electron chi connectivity index (χ4n) is 2.15. The number of rotatable bonds is 2. The summed E-state index contributed by atoms with van der Waals surface area (Å²) in [5.41, 5.74) is 0.175. The standard InChI is InChI=1S/C12H14Cl2N2O2/c1-7-4-2-3-5-9(7)18-12(17)8-6-10(13)15-16-11(8)14/h6-7,9H,2-5H2,1H3. The average molecular weight is 289 g/mol. The Hall–Kier alpha value is -0.870. The van der Waals surface area contributed by atoms with E-state index in [9.17, 15) is 4.79 Å². The van der Waals surface area contributed by atoms with Crippen molar-refractivity contribution in [2.45, 2.75) is 38.7 Å². The molecule has 0 spiro atoms. The number of aromatic nitrogens is 2. The molecule has 0 N–H and O–H groups in total. The molecule has 0 radical (unpaired) electrons. The minimum Gasteiger partial charge on any atom is -0.458 e. The molecule has 0 bridgehead atoms. The first-order valence-electron chi connectivity index (χ1n) is 5.97. The predicted octanol–water partition coefficient (Wildman–Crippen LogP) is 3.52. The first kappa shape index (κ1) is 13.6. The van der Waals surface area contributed by atoms with Crippen LogP contribution in [0.1, 0.15) is 43.0 Å². The molecule has 18 heavy (non-hydrogen) atoms. The number of carbonyl (C=O) groups excluding carboxylic acids is 1. The number of ether oxygens (including phenoxy) is 1. The van der Waals surface area contributed by atoms with E-state index in [2.05, 4.69) is 17.1 Å². The van der Waals surface area contributed by atoms with Crippen LogP contribution in [0.3, 0.4) is 0 Å². The van der Waals surface area contributed by atoms with Crippen LogP contribution in [0.5, 0.6) is 0 Å². The molecule has 2 unspecified atom stereocenters. The van der Waals surface area contributed by atoms with Gasteiger partial charge in [-0.25, -0.2) is 4.79 Å². The second-order valence-electron chi connectivity index (χ2n) is 4.58. The number of esters is 1. The highest BCUT2D eigenvalue weighted by Crippen LogP contribution is 2.27. The van der Waals surface area contributed by atoms with E-state index in [0.717, 1.165) is 19.3 Å². The Bertz CT molecular complexity index is 454. The van der Waals surface area contributed by atoms with Crippen molar-refractivity contribution >= 4 is 29.2 Å². The minimum atomic E-state index is -0.476. The summed E-state index contributed by atoms with van der Waals surface area (Å²) in [6, 6.07) is 1.38. The summed E-state index contributed by atoms with van der Waals surface area (Å²) in [5.74, 6) is -0.0951. The molecule has 0 saturated heterocycles. The molecule has 4 nitrogen and oxygen atoms in total. The van der Waals surface area contributed by atoms with Crippen molar-refractivity contribution < 1.29 is 9.53 Å². The maximum absolute atomic E-state index is 12.0. The van der Waals surface area contributed by atoms with Gasteiger partial charge in [-0.05, 0) is 31.2 Å². The average Bonchev–Trinajstić information content (AvgIpc) is 2.35. The third kappa shape index (κ3) is 3.12. The molecule has 0 aromatic carbocycles. The Labute approximate surface area is 116 Å². The Kier molecular flexibility index (Phi) is 4.40. The summed E-state index contributed by atoms with van der Waals surface area (Å²) in [4.78, 5) is 12.0. The lowest BCUT2D eigenvalue weighted by molar-refractivity contribution is 0.00477. The molecule has 1 heterocycles. The molecule has 1 fully saturated rings. The monoisotopic (exact) mass is 288 g/mol. The second kappa shape index (κ2) is 5.85. The van der Waals surface area contributed by atoms with E-state index in [-0.39, 0.29) is 22.0 Å². The lowest BCUT2D eigenvalue weighted by Gasteiger charge is -2.28. The third-order valence-corrected chi connectivity index (χ3v) is 3.69. The minimum absolute atomic E-state index is 0.0212. The van der Waals surface area contributed by atoms with Gasteiger partial charge in [-0.15, -0.1) is 10.2 Å². The van der Waals surface area contributed by atoms with Crippen molar-refractivity contribution in [2.24, 2.45) is 5.92 Å². The summed E-state index contributed by atoms with van der Waals surface area (Å²) in [6.07, 6.45) is 4.22. The molecule has 1 aromatic rings. The van der Waals surface area contributed by atoms with E-state index in [1.807, 2.05) is 0 Å². The van der Waals surface area contributed by atoms with Crippen LogP contribution >= 0.6 is 23.2 Å². The van der Waals surface area contributed by atoms with Crippen LogP contribution in [0.15, 0.2) is 6.07 Å². The molecule has 1 aliphatic rings. The van der Waals surface area contributed by atoms with E-state index < -0.39 is 5.97 Å². The van der Waals surface area contributed by atoms with Crippen LogP contribution in [0.4, 0.5) is 0 Å². The normalized spacial score (nSPS) is 23.7. The van der Waals surface area contributed by atoms with Crippen molar-refractivity contribution in [1.82, 2.24) is 10.2 Å². The topological polar surface area (TPSA) is 52.1 Å². The van der Waals surface area contributed by atoms with Gasteiger partial charge in [-0.1, -0.05) is 36.5 Å². The number of hydrogen-bond acceptors (Lipinski definition) is 4. The zero-order valence-electron chi connectivity index (χ0n) is 10.0. The summed E-state index contributed by atoms with van der Waals surface area (Å²) in [6.45, 7) is 2.09. The van der Waals surface area contributed by atoms with Gasteiger partial charge >= 0.3 is 5.97 Å². The van der Waals surface area contributed by atoms with Crippen molar-refractivity contribution in [3.63, 3.8) is 0 Å². The zero-order valence-corrected chi connectivity index (χ0v) is 11.5. The fraction of sp³-hybridized carbons (Fsp3) is 0.583. The lowest BCUT2D eigenvalue weighted by Crippen LogP contribution is -2.28. The Balaban J connectivity index is 2.09. The molecule has 98 valence electrons. The number of carbonyl (C=O) groups is 1. The van der Waals surface area contributed by atoms with Crippen LogP contribution < -0.4 is 0 Å². The van der Waals surface area contributed by atoms with Crippen molar-refractivity contribution in [3.8, 4) is 0 Å². The second-order valence-corrected chi connectivity index (χ2v) is 5.32. The highest BCUT2D eigenvalue weighted by Gasteiger charge is 2.26. The molecule has 2 rings (SSSR count). The Morgan fingerprint density at radius 1 is 1.33 bits per heavy atom. The molecule has 0 amide bonds. The van der Waals surface area contributed by atoms with Gasteiger partial charge in [0.25, 0.3) is 0 Å². The van der Waals surface area contributed by atoms with Crippen molar-refractivity contribution in [1.29, 1.82) is 0 Å². The number of halogens is 2. The van der Waals surface area contributed by atoms with Gasteiger partial charge in [-0.3, -0.25) is 0 Å². The van der Waals surface area contributed by atoms with E-state index in [1.165, 1.54) is 12.5 Å². The van der Waals surface area contributed by atoms with E-state index in [0.29, 0.717) is 5.92 Å². The van der Waals surface area contributed by atoms with E-state index in [4.69, 9.17) is 27.9 Å². The largest absolute Gasteiger partial charge is 0.458 e. The summed E-state index contributed by atoms with van der Waals surface area (Å²) < 4.78 is 5.48. The Morgan fingerprint density at radius 3 is 2.78 bits per heavy atom. The van der Waals surface area contributed by atoms with Gasteiger partial charge in [0.2, 0.25) is 0 Å². The molecule has 1 saturated carbocycles. The number of nitrogens with zero attached hydrogens (tertiary/aromatic N) is 2. The summed E-state index contributed by atoms with van der Waals surface area (Å²) >= 11 is 11.5. The van der Waals surface area contributed by atoms with Gasteiger partial charge in [0.15, 0.2) is 10.3 Å². The van der Waals surface area contributed by atoms with Crippen molar-refractivity contribution in [2.75, 3.05) is 0 Å². The van der Waals surface area contributed by atoms with Crippen LogP contribution in [0.2, 0.25) is 10.3 Å². The van der Waals surface area contributed by atoms with E-state index >= 15 is 0 Å². The van der Waals surface area contributed by atoms with Crippen LogP contribution in [0.25, 0.3) is 0 Å². The highest BCUT2D eigenvalue weighted by atomic mass is 35.5. The molecular formula is C12H14Cl2N2O2. The van der Waals surface area contributed by atoms with Gasteiger partial charge in [0.1, 0.15) is 11.7 Å². The highest BCUT2D eigenvalue weighted by molar-refractivity contribution is 6.33. The summed E-state index contributed by atoms with van der Waals surface area (Å²) in [5, 5.41) is 7.30. The molecule has 2 atom stereocenters. The van der Waals surface area contributed by atoms with Gasteiger partial charge < -0.3 is 4.74 Å². The lowest BCUT2D eigenvalue weighted by atomic mass is 9.88. The van der Waals surface area contributed by atoms with Crippen LogP contribution in [-0.4, -0.2) is 22.3 Å². The fourth-order valence-corrected chi connectivity index (χ4v) is 2.47. The predicted molar refractivity (Wildman–Crippen MR) is 68.9 cm³/mol. The summed E-state index contributed by atoms with van der Waals surface area (Å²) in [7, 11) is 0. The van der Waals surface area contributed by atoms with Gasteiger partial charge in [-0.2, -0.15) is 0 Å². The number of hydrogen-bond donors (Lipinski definition) is 0. The molecule has 0 aliphatic heterocycles. The molecular weight excluding hydrogens is 275 g/mol. The first-order chi connectivity index (χ1) is 8.58. The maximum atomic E-state index is 12.0. The van der Waals surface area contributed by atoms with Gasteiger partial charge in [0, 0.05) is 0 Å². The van der Waals surface area contributed by atoms with Crippen LogP contribution in [0, 0.1) is 5.92 Å².